The van der Waals surface area contributed by atoms with Crippen LogP contribution < -0.4 is 31.9 Å². The Balaban J connectivity index is 1.73. The van der Waals surface area contributed by atoms with E-state index in [0.29, 0.717) is 17.4 Å². The van der Waals surface area contributed by atoms with Crippen LogP contribution in [0, 0.1) is 5.92 Å². The van der Waals surface area contributed by atoms with Crippen molar-refractivity contribution in [2.45, 2.75) is 83.3 Å². The number of nitrogens with zero attached hydrogens (tertiary/aromatic N) is 1. The largest absolute Gasteiger partial charge is 0.394 e. The molecule has 2 aliphatic rings. The van der Waals surface area contributed by atoms with Crippen LogP contribution >= 0.6 is 0 Å². The van der Waals surface area contributed by atoms with Gasteiger partial charge in [-0.2, -0.15) is 0 Å². The van der Waals surface area contributed by atoms with Crippen LogP contribution in [0.1, 0.15) is 52.5 Å². The van der Waals surface area contributed by atoms with Crippen molar-refractivity contribution in [1.29, 1.82) is 0 Å². The fourth-order valence-corrected chi connectivity index (χ4v) is 5.94. The lowest BCUT2D eigenvalue weighted by Gasteiger charge is -2.30. The second kappa shape index (κ2) is 17.1. The van der Waals surface area contributed by atoms with Crippen LogP contribution in [-0.4, -0.2) is 117 Å². The van der Waals surface area contributed by atoms with Gasteiger partial charge in [-0.3, -0.25) is 33.6 Å². The zero-order chi connectivity index (χ0) is 37.4. The quantitative estimate of drug-likeness (QED) is 0.157. The summed E-state index contributed by atoms with van der Waals surface area (Å²) in [4.78, 5) is 97.8. The first-order valence-corrected chi connectivity index (χ1v) is 16.9. The van der Waals surface area contributed by atoms with Crippen LogP contribution in [0.15, 0.2) is 36.2 Å². The first-order chi connectivity index (χ1) is 24.2. The van der Waals surface area contributed by atoms with Crippen LogP contribution in [-0.2, 0) is 33.6 Å². The number of carbonyl (C=O) groups is 7. The molecule has 3 heterocycles. The van der Waals surface area contributed by atoms with Gasteiger partial charge in [0, 0.05) is 29.2 Å². The average Bonchev–Trinajstić information content (AvgIpc) is 3.74. The van der Waals surface area contributed by atoms with Crippen molar-refractivity contribution in [2.24, 2.45) is 5.92 Å². The molecule has 0 spiro atoms. The molecule has 1 aromatic heterocycles. The van der Waals surface area contributed by atoms with Crippen molar-refractivity contribution < 1.29 is 43.8 Å². The smallest absolute Gasteiger partial charge is 0.268 e. The van der Waals surface area contributed by atoms with Gasteiger partial charge >= 0.3 is 0 Å². The number of aliphatic hydroxyl groups excluding tert-OH is 2. The molecular formula is C34H46N8O9. The van der Waals surface area contributed by atoms with E-state index in [0.717, 1.165) is 5.52 Å². The first-order valence-electron chi connectivity index (χ1n) is 16.9. The molecule has 2 aromatic rings. The summed E-state index contributed by atoms with van der Waals surface area (Å²) < 4.78 is 0. The molecule has 2 saturated heterocycles. The standard InChI is InChI=1S/C34H46N8O9/c1-17(2)12-23-30(47)37-18(3)29(46)36-15-27(45)41-28(19(4)44)34(51)42-11-7-10-26(42)33(50)40-25(16-43)32(49)39-24(31(48)38-23)13-20-14-35-22-9-6-5-8-21(20)22/h5-6,8-9,13-14,17-19,23,25-26,28,35,43-44H,7,10-12,15-16H2,1-4H3,(H,36,46)(H,37,47)(H,38,48)(H,39,49)(H,40,50)(H,41,45)/t18-,19+,23-,25-,26-,28-/m0/s1. The fraction of sp³-hybridized carbons (Fsp3) is 0.500. The Bertz CT molecular complexity index is 1690. The number of hydrogen-bond acceptors (Lipinski definition) is 9. The van der Waals surface area contributed by atoms with E-state index in [9.17, 15) is 43.8 Å². The number of para-hydroxylation sites is 1. The third kappa shape index (κ3) is 9.70. The number of aromatic amines is 1. The van der Waals surface area contributed by atoms with Gasteiger partial charge in [0.25, 0.3) is 5.91 Å². The van der Waals surface area contributed by atoms with Gasteiger partial charge in [-0.05, 0) is 51.2 Å². The van der Waals surface area contributed by atoms with Crippen molar-refractivity contribution in [3.63, 3.8) is 0 Å². The van der Waals surface area contributed by atoms with E-state index < -0.39 is 90.8 Å². The highest BCUT2D eigenvalue weighted by Crippen LogP contribution is 2.21. The fourth-order valence-electron chi connectivity index (χ4n) is 5.94. The number of carbonyl (C=O) groups excluding carboxylic acids is 7. The summed E-state index contributed by atoms with van der Waals surface area (Å²) in [6.07, 6.45) is 2.35. The lowest BCUT2D eigenvalue weighted by molar-refractivity contribution is -0.144. The van der Waals surface area contributed by atoms with Crippen molar-refractivity contribution >= 4 is 58.3 Å². The monoisotopic (exact) mass is 710 g/mol. The number of nitrogens with one attached hydrogen (secondary N) is 7. The number of aromatic nitrogens is 1. The molecule has 0 radical (unpaired) electrons. The molecule has 276 valence electrons. The van der Waals surface area contributed by atoms with Gasteiger partial charge in [0.2, 0.25) is 35.4 Å². The summed E-state index contributed by atoms with van der Waals surface area (Å²) in [6, 6.07) is 0.736. The van der Waals surface area contributed by atoms with E-state index in [1.165, 1.54) is 24.8 Å². The molecule has 1 aromatic carbocycles. The number of rotatable bonds is 5. The second-order valence-corrected chi connectivity index (χ2v) is 13.2. The molecule has 0 saturated carbocycles. The first kappa shape index (κ1) is 38.5. The molecule has 2 aliphatic heterocycles. The summed E-state index contributed by atoms with van der Waals surface area (Å²) in [5.74, 6) is -5.75. The molecular weight excluding hydrogens is 664 g/mol. The Kier molecular flexibility index (Phi) is 12.9. The molecule has 4 rings (SSSR count). The Morgan fingerprint density at radius 1 is 0.902 bits per heavy atom. The molecule has 17 heteroatoms. The van der Waals surface area contributed by atoms with Gasteiger partial charge in [-0.15, -0.1) is 0 Å². The predicted molar refractivity (Wildman–Crippen MR) is 184 cm³/mol. The van der Waals surface area contributed by atoms with Crippen LogP contribution in [0.25, 0.3) is 17.0 Å². The maximum absolute atomic E-state index is 13.9. The second-order valence-electron chi connectivity index (χ2n) is 13.2. The topological polar surface area (TPSA) is 251 Å². The predicted octanol–water partition coefficient (Wildman–Crippen LogP) is -1.88. The van der Waals surface area contributed by atoms with Gasteiger partial charge in [0.15, 0.2) is 0 Å². The molecule has 9 N–H and O–H groups in total. The number of benzene rings is 1. The average molecular weight is 711 g/mol. The third-order valence-electron chi connectivity index (χ3n) is 8.65. The van der Waals surface area contributed by atoms with Crippen molar-refractivity contribution in [2.75, 3.05) is 19.7 Å². The Morgan fingerprint density at radius 2 is 1.63 bits per heavy atom. The third-order valence-corrected chi connectivity index (χ3v) is 8.65. The van der Waals surface area contributed by atoms with E-state index in [1.54, 1.807) is 18.3 Å². The van der Waals surface area contributed by atoms with Gasteiger partial charge in [0.1, 0.15) is 35.9 Å². The lowest BCUT2D eigenvalue weighted by atomic mass is 10.0. The number of amides is 7. The van der Waals surface area contributed by atoms with Crippen LogP contribution in [0.3, 0.4) is 0 Å². The number of H-pyrrole nitrogens is 1. The molecule has 0 bridgehead atoms. The van der Waals surface area contributed by atoms with Crippen LogP contribution in [0.5, 0.6) is 0 Å². The molecule has 2 fully saturated rings. The van der Waals surface area contributed by atoms with Crippen molar-refractivity contribution in [3.8, 4) is 0 Å². The van der Waals surface area contributed by atoms with E-state index in [-0.39, 0.29) is 31.0 Å². The van der Waals surface area contributed by atoms with E-state index in [4.69, 9.17) is 0 Å². The number of fused-ring (bicyclic) bond motifs is 2. The Morgan fingerprint density at radius 3 is 2.31 bits per heavy atom. The highest BCUT2D eigenvalue weighted by atomic mass is 16.3. The molecule has 0 aliphatic carbocycles. The Hall–Kier alpha value is -5.29. The molecule has 51 heavy (non-hydrogen) atoms. The highest BCUT2D eigenvalue weighted by Gasteiger charge is 2.40. The summed E-state index contributed by atoms with van der Waals surface area (Å²) in [5.41, 5.74) is 0.948. The minimum atomic E-state index is -1.57. The van der Waals surface area contributed by atoms with Gasteiger partial charge in [-0.25, -0.2) is 0 Å². The normalized spacial score (nSPS) is 26.4. The summed E-state index contributed by atoms with van der Waals surface area (Å²) in [7, 11) is 0. The van der Waals surface area contributed by atoms with Gasteiger partial charge < -0.3 is 52.0 Å². The van der Waals surface area contributed by atoms with Crippen molar-refractivity contribution in [1.82, 2.24) is 41.8 Å². The minimum absolute atomic E-state index is 0.104. The molecule has 0 unspecified atom stereocenters. The number of aliphatic hydroxyl groups is 2. The van der Waals surface area contributed by atoms with Crippen molar-refractivity contribution in [3.05, 3.63) is 41.7 Å². The SMILES string of the molecule is CC(C)C[C@@H]1NC(=O)C(=Cc2c[nH]c3ccccc23)NC(=O)[C@H](CO)NC(=O)[C@@H]2CCCN2C(=O)[C@H]([C@@H](C)O)NC(=O)CNC(=O)[C@H](C)NC1=O. The van der Waals surface area contributed by atoms with Crippen LogP contribution in [0.4, 0.5) is 0 Å². The van der Waals surface area contributed by atoms with Crippen LogP contribution in [0.2, 0.25) is 0 Å². The van der Waals surface area contributed by atoms with E-state index in [2.05, 4.69) is 36.9 Å². The maximum Gasteiger partial charge on any atom is 0.268 e. The summed E-state index contributed by atoms with van der Waals surface area (Å²) in [5, 5.41) is 36.2. The van der Waals surface area contributed by atoms with Gasteiger partial charge in [0.05, 0.1) is 19.3 Å². The molecule has 17 nitrogen and oxygen atoms in total. The minimum Gasteiger partial charge on any atom is -0.394 e. The summed E-state index contributed by atoms with van der Waals surface area (Å²) in [6.45, 7) is 4.94. The summed E-state index contributed by atoms with van der Waals surface area (Å²) >= 11 is 0. The Labute approximate surface area is 294 Å². The zero-order valence-electron chi connectivity index (χ0n) is 28.9. The molecule has 6 atom stereocenters. The zero-order valence-corrected chi connectivity index (χ0v) is 28.9. The van der Waals surface area contributed by atoms with E-state index >= 15 is 0 Å². The van der Waals surface area contributed by atoms with E-state index in [1.807, 2.05) is 26.0 Å². The maximum atomic E-state index is 13.9. The van der Waals surface area contributed by atoms with Gasteiger partial charge in [-0.1, -0.05) is 32.0 Å². The highest BCUT2D eigenvalue weighted by molar-refractivity contribution is 6.06. The molecule has 7 amide bonds. The lowest BCUT2D eigenvalue weighted by Crippen LogP contribution is -2.59. The number of hydrogen-bond donors (Lipinski definition) is 9.